The number of likely N-dealkylation sites (tertiary alicyclic amines) is 1. The highest BCUT2D eigenvalue weighted by Gasteiger charge is 2.37. The van der Waals surface area contributed by atoms with Gasteiger partial charge in [0.1, 0.15) is 5.82 Å². The van der Waals surface area contributed by atoms with Crippen molar-refractivity contribution in [3.63, 3.8) is 0 Å². The summed E-state index contributed by atoms with van der Waals surface area (Å²) in [7, 11) is 0. The maximum absolute atomic E-state index is 12.5. The summed E-state index contributed by atoms with van der Waals surface area (Å²) in [6, 6.07) is 0.0507. The molecule has 10 heteroatoms. The lowest BCUT2D eigenvalue weighted by atomic mass is 10.0. The molecule has 1 amide bonds. The van der Waals surface area contributed by atoms with Crippen LogP contribution in [0.3, 0.4) is 0 Å². The Balaban J connectivity index is 1.40. The highest BCUT2D eigenvalue weighted by atomic mass is 32.2. The number of fused-ring (bicyclic) bond motifs is 3. The van der Waals surface area contributed by atoms with Crippen LogP contribution >= 0.6 is 11.8 Å². The van der Waals surface area contributed by atoms with Crippen LogP contribution in [0.1, 0.15) is 24.0 Å². The molecular formula is C13H17N7O2S. The molecule has 1 saturated heterocycles. The lowest BCUT2D eigenvalue weighted by molar-refractivity contribution is -0.135. The summed E-state index contributed by atoms with van der Waals surface area (Å²) in [6.45, 7) is 3.69. The van der Waals surface area contributed by atoms with Gasteiger partial charge in [-0.05, 0) is 13.3 Å². The zero-order valence-corrected chi connectivity index (χ0v) is 13.5. The van der Waals surface area contributed by atoms with Crippen LogP contribution in [0, 0.1) is 6.92 Å². The predicted molar refractivity (Wildman–Crippen MR) is 80.7 cm³/mol. The van der Waals surface area contributed by atoms with Gasteiger partial charge in [0.15, 0.2) is 0 Å². The number of nitrogens with zero attached hydrogens (tertiary/aromatic N) is 6. The fraction of sp³-hybridized carbons (Fsp3) is 0.615. The zero-order valence-electron chi connectivity index (χ0n) is 12.7. The van der Waals surface area contributed by atoms with Gasteiger partial charge in [-0.1, -0.05) is 17.0 Å². The molecule has 2 aromatic heterocycles. The van der Waals surface area contributed by atoms with E-state index in [4.69, 9.17) is 4.74 Å². The lowest BCUT2D eigenvalue weighted by Gasteiger charge is -2.40. The predicted octanol–water partition coefficient (Wildman–Crippen LogP) is 0.169. The van der Waals surface area contributed by atoms with Crippen molar-refractivity contribution in [1.82, 2.24) is 35.1 Å². The van der Waals surface area contributed by atoms with E-state index in [0.29, 0.717) is 30.6 Å². The van der Waals surface area contributed by atoms with Crippen LogP contribution < -0.4 is 0 Å². The fourth-order valence-corrected chi connectivity index (χ4v) is 3.76. The molecule has 0 radical (unpaired) electrons. The minimum Gasteiger partial charge on any atom is -0.370 e. The van der Waals surface area contributed by atoms with Crippen molar-refractivity contribution in [2.75, 3.05) is 18.8 Å². The molecule has 1 fully saturated rings. The number of amides is 1. The normalized spacial score (nSPS) is 23.4. The Hall–Kier alpha value is -1.94. The Labute approximate surface area is 136 Å². The number of hydrogen-bond donors (Lipinski definition) is 1. The minimum atomic E-state index is 0.0507. The number of thioether (sulfide) groups is 1. The molecule has 4 rings (SSSR count). The first-order valence-corrected chi connectivity index (χ1v) is 8.49. The molecule has 2 aliphatic heterocycles. The van der Waals surface area contributed by atoms with Gasteiger partial charge in [-0.15, -0.1) is 10.2 Å². The topological polar surface area (TPSA) is 102 Å². The Bertz CT molecular complexity index is 715. The lowest BCUT2D eigenvalue weighted by Crippen LogP contribution is -2.50. The molecular weight excluding hydrogens is 318 g/mol. The van der Waals surface area contributed by atoms with E-state index < -0.39 is 0 Å². The Morgan fingerprint density at radius 3 is 3.30 bits per heavy atom. The first kappa shape index (κ1) is 14.6. The van der Waals surface area contributed by atoms with Gasteiger partial charge >= 0.3 is 0 Å². The molecule has 2 aliphatic rings. The van der Waals surface area contributed by atoms with Gasteiger partial charge in [-0.3, -0.25) is 9.89 Å². The van der Waals surface area contributed by atoms with E-state index in [1.807, 2.05) is 16.5 Å². The standard InChI is InChI=1S/C13H17N7O2S/c1-8-15-13(17-16-8)23-7-12(21)19-3-2-11-10(5-19)20-9(6-22-11)4-14-18-20/h4,10-11H,2-3,5-7H2,1H3,(H,15,16,17)/t10-,11+/m0/s1. The summed E-state index contributed by atoms with van der Waals surface area (Å²) in [5.41, 5.74) is 0.964. The highest BCUT2D eigenvalue weighted by Crippen LogP contribution is 2.30. The molecule has 2 atom stereocenters. The van der Waals surface area contributed by atoms with E-state index in [9.17, 15) is 4.79 Å². The van der Waals surface area contributed by atoms with Crippen LogP contribution in [-0.4, -0.2) is 65.9 Å². The van der Waals surface area contributed by atoms with Crippen molar-refractivity contribution in [2.45, 2.75) is 37.3 Å². The maximum Gasteiger partial charge on any atom is 0.233 e. The molecule has 0 unspecified atom stereocenters. The van der Waals surface area contributed by atoms with Crippen molar-refractivity contribution in [1.29, 1.82) is 0 Å². The average Bonchev–Trinajstić information content (AvgIpc) is 3.20. The summed E-state index contributed by atoms with van der Waals surface area (Å²) in [5.74, 6) is 1.17. The van der Waals surface area contributed by atoms with Crippen LogP contribution in [0.4, 0.5) is 0 Å². The van der Waals surface area contributed by atoms with Gasteiger partial charge < -0.3 is 9.64 Å². The van der Waals surface area contributed by atoms with E-state index in [0.717, 1.165) is 17.9 Å². The number of ether oxygens (including phenoxy) is 1. The molecule has 2 aromatic rings. The molecule has 0 aromatic carbocycles. The third kappa shape index (κ3) is 2.83. The Morgan fingerprint density at radius 1 is 1.57 bits per heavy atom. The minimum absolute atomic E-state index is 0.0507. The van der Waals surface area contributed by atoms with Gasteiger partial charge in [0.2, 0.25) is 11.1 Å². The maximum atomic E-state index is 12.5. The number of hydrogen-bond acceptors (Lipinski definition) is 7. The third-order valence-electron chi connectivity index (χ3n) is 4.18. The van der Waals surface area contributed by atoms with E-state index >= 15 is 0 Å². The SMILES string of the molecule is Cc1nc(SCC(=O)N2CC[C@H]3OCc4cnnn4[C@H]3C2)n[nH]1. The van der Waals surface area contributed by atoms with E-state index in [1.54, 1.807) is 6.20 Å². The van der Waals surface area contributed by atoms with Crippen molar-refractivity contribution >= 4 is 17.7 Å². The molecule has 122 valence electrons. The average molecular weight is 335 g/mol. The quantitative estimate of drug-likeness (QED) is 0.798. The van der Waals surface area contributed by atoms with Crippen molar-refractivity contribution in [3.8, 4) is 0 Å². The second-order valence-corrected chi connectivity index (χ2v) is 6.65. The molecule has 0 spiro atoms. The number of carbonyl (C=O) groups excluding carboxylic acids is 1. The van der Waals surface area contributed by atoms with Gasteiger partial charge in [-0.2, -0.15) is 0 Å². The number of piperidine rings is 1. The molecule has 4 heterocycles. The number of carbonyl (C=O) groups is 1. The number of aryl methyl sites for hydroxylation is 1. The second-order valence-electron chi connectivity index (χ2n) is 5.71. The monoisotopic (exact) mass is 335 g/mol. The van der Waals surface area contributed by atoms with Gasteiger partial charge in [0, 0.05) is 13.1 Å². The van der Waals surface area contributed by atoms with Gasteiger partial charge in [0.25, 0.3) is 0 Å². The largest absolute Gasteiger partial charge is 0.370 e. The molecule has 0 bridgehead atoms. The Kier molecular flexibility index (Phi) is 3.77. The fourth-order valence-electron chi connectivity index (χ4n) is 3.01. The summed E-state index contributed by atoms with van der Waals surface area (Å²) in [5, 5.41) is 15.5. The smallest absolute Gasteiger partial charge is 0.233 e. The molecule has 23 heavy (non-hydrogen) atoms. The number of aromatic amines is 1. The van der Waals surface area contributed by atoms with Crippen LogP contribution in [0.2, 0.25) is 0 Å². The first-order valence-electron chi connectivity index (χ1n) is 7.51. The van der Waals surface area contributed by atoms with Crippen molar-refractivity contribution < 1.29 is 9.53 Å². The summed E-state index contributed by atoms with van der Waals surface area (Å²) < 4.78 is 7.76. The van der Waals surface area contributed by atoms with Crippen molar-refractivity contribution in [3.05, 3.63) is 17.7 Å². The number of aromatic nitrogens is 6. The highest BCUT2D eigenvalue weighted by molar-refractivity contribution is 7.99. The molecule has 0 saturated carbocycles. The van der Waals surface area contributed by atoms with Crippen molar-refractivity contribution in [2.24, 2.45) is 0 Å². The van der Waals surface area contributed by atoms with Crippen LogP contribution in [0.15, 0.2) is 11.4 Å². The van der Waals surface area contributed by atoms with Gasteiger partial charge in [-0.25, -0.2) is 9.67 Å². The number of H-pyrrole nitrogens is 1. The van der Waals surface area contributed by atoms with E-state index in [-0.39, 0.29) is 18.1 Å². The number of nitrogens with one attached hydrogen (secondary N) is 1. The number of rotatable bonds is 3. The third-order valence-corrected chi connectivity index (χ3v) is 5.01. The second kappa shape index (κ2) is 5.93. The first-order chi connectivity index (χ1) is 11.2. The summed E-state index contributed by atoms with van der Waals surface area (Å²) in [6.07, 6.45) is 2.65. The van der Waals surface area contributed by atoms with Gasteiger partial charge in [0.05, 0.1) is 36.4 Å². The van der Waals surface area contributed by atoms with Crippen LogP contribution in [0.5, 0.6) is 0 Å². The summed E-state index contributed by atoms with van der Waals surface area (Å²) >= 11 is 1.35. The summed E-state index contributed by atoms with van der Waals surface area (Å²) in [4.78, 5) is 18.5. The van der Waals surface area contributed by atoms with Crippen LogP contribution in [0.25, 0.3) is 0 Å². The zero-order chi connectivity index (χ0) is 15.8. The Morgan fingerprint density at radius 2 is 2.48 bits per heavy atom. The molecule has 1 N–H and O–H groups in total. The van der Waals surface area contributed by atoms with E-state index in [1.165, 1.54) is 11.8 Å². The van der Waals surface area contributed by atoms with Crippen LogP contribution in [-0.2, 0) is 16.1 Å². The molecule has 9 nitrogen and oxygen atoms in total. The molecule has 0 aliphatic carbocycles. The van der Waals surface area contributed by atoms with E-state index in [2.05, 4.69) is 25.5 Å².